The van der Waals surface area contributed by atoms with Gasteiger partial charge in [0, 0.05) is 30.8 Å². The molecule has 7 nitrogen and oxygen atoms in total. The minimum Gasteiger partial charge on any atom is -0.444 e. The minimum atomic E-state index is -0.598. The van der Waals surface area contributed by atoms with E-state index in [9.17, 15) is 9.59 Å². The van der Waals surface area contributed by atoms with E-state index in [1.807, 2.05) is 42.8 Å². The number of rotatable bonds is 5. The van der Waals surface area contributed by atoms with E-state index >= 15 is 0 Å². The summed E-state index contributed by atoms with van der Waals surface area (Å²) in [6.45, 7) is 13.0. The average molecular weight is 411 g/mol. The highest BCUT2D eigenvalue weighted by molar-refractivity contribution is 7.98. The smallest absolute Gasteiger partial charge is 0.408 e. The van der Waals surface area contributed by atoms with Crippen molar-refractivity contribution < 1.29 is 14.3 Å². The molecule has 8 heteroatoms. The molecule has 1 aromatic heterocycles. The SMILES string of the molecule is CSCCC(NC(=O)OC(C)(C)C)C(=O)N1CCc2c(cnn2C(C)(C)C)C1. The molecule has 158 valence electrons. The largest absolute Gasteiger partial charge is 0.444 e. The summed E-state index contributed by atoms with van der Waals surface area (Å²) in [4.78, 5) is 27.2. The Hall–Kier alpha value is -1.70. The number of thioether (sulfide) groups is 1. The van der Waals surface area contributed by atoms with Crippen LogP contribution in [0.3, 0.4) is 0 Å². The number of alkyl carbamates (subject to hydrolysis) is 1. The van der Waals surface area contributed by atoms with Gasteiger partial charge in [-0.3, -0.25) is 9.48 Å². The number of nitrogens with zero attached hydrogens (tertiary/aromatic N) is 3. The normalized spacial score (nSPS) is 15.8. The lowest BCUT2D eigenvalue weighted by Gasteiger charge is -2.33. The lowest BCUT2D eigenvalue weighted by Crippen LogP contribution is -2.51. The van der Waals surface area contributed by atoms with Gasteiger partial charge in [0.05, 0.1) is 11.7 Å². The maximum atomic E-state index is 13.1. The first-order valence-corrected chi connectivity index (χ1v) is 11.2. The van der Waals surface area contributed by atoms with E-state index in [0.717, 1.165) is 17.7 Å². The fourth-order valence-electron chi connectivity index (χ4n) is 3.26. The molecule has 1 atom stereocenters. The summed E-state index contributed by atoms with van der Waals surface area (Å²) in [6, 6.07) is -0.582. The van der Waals surface area contributed by atoms with E-state index in [-0.39, 0.29) is 11.4 Å². The third-order valence-electron chi connectivity index (χ3n) is 4.48. The first kappa shape index (κ1) is 22.6. The monoisotopic (exact) mass is 410 g/mol. The second-order valence-corrected chi connectivity index (χ2v) is 10.2. The predicted octanol–water partition coefficient (Wildman–Crippen LogP) is 3.17. The zero-order valence-electron chi connectivity index (χ0n) is 18.2. The lowest BCUT2D eigenvalue weighted by atomic mass is 10.0. The van der Waals surface area contributed by atoms with Gasteiger partial charge in [-0.15, -0.1) is 0 Å². The van der Waals surface area contributed by atoms with Crippen molar-refractivity contribution in [3.05, 3.63) is 17.5 Å². The number of fused-ring (bicyclic) bond motifs is 1. The zero-order chi connectivity index (χ0) is 21.1. The van der Waals surface area contributed by atoms with E-state index in [2.05, 4.69) is 31.2 Å². The third-order valence-corrected chi connectivity index (χ3v) is 5.13. The molecule has 1 aromatic rings. The van der Waals surface area contributed by atoms with Crippen LogP contribution in [0, 0.1) is 0 Å². The standard InChI is InChI=1S/C20H34N4O3S/c1-19(2,3)24-16-8-10-23(13-14(16)12-21-24)17(25)15(9-11-28-7)22-18(26)27-20(4,5)6/h12,15H,8-11,13H2,1-7H3,(H,22,26). The first-order chi connectivity index (χ1) is 12.9. The number of aromatic nitrogens is 2. The highest BCUT2D eigenvalue weighted by Crippen LogP contribution is 2.25. The van der Waals surface area contributed by atoms with Gasteiger partial charge in [-0.1, -0.05) is 0 Å². The molecule has 0 radical (unpaired) electrons. The van der Waals surface area contributed by atoms with Crippen LogP contribution < -0.4 is 5.32 Å². The van der Waals surface area contributed by atoms with E-state index in [1.165, 1.54) is 5.69 Å². The van der Waals surface area contributed by atoms with Crippen molar-refractivity contribution in [1.82, 2.24) is 20.0 Å². The minimum absolute atomic E-state index is 0.0610. The molecule has 0 saturated heterocycles. The van der Waals surface area contributed by atoms with E-state index in [0.29, 0.717) is 19.5 Å². The topological polar surface area (TPSA) is 76.5 Å². The number of nitrogens with one attached hydrogen (secondary N) is 1. The Morgan fingerprint density at radius 1 is 1.29 bits per heavy atom. The van der Waals surface area contributed by atoms with Crippen molar-refractivity contribution in [2.24, 2.45) is 0 Å². The molecular weight excluding hydrogens is 376 g/mol. The molecule has 1 unspecified atom stereocenters. The highest BCUT2D eigenvalue weighted by Gasteiger charge is 2.32. The van der Waals surface area contributed by atoms with Gasteiger partial charge in [0.1, 0.15) is 11.6 Å². The highest BCUT2D eigenvalue weighted by atomic mass is 32.2. The van der Waals surface area contributed by atoms with Crippen LogP contribution >= 0.6 is 11.8 Å². The molecule has 0 aromatic carbocycles. The summed E-state index contributed by atoms with van der Waals surface area (Å²) in [5.41, 5.74) is 1.59. The molecule has 0 aliphatic carbocycles. The summed E-state index contributed by atoms with van der Waals surface area (Å²) in [6.07, 6.45) is 4.63. The number of hydrogen-bond donors (Lipinski definition) is 1. The van der Waals surface area contributed by atoms with Crippen molar-refractivity contribution in [2.45, 2.75) is 78.1 Å². The van der Waals surface area contributed by atoms with Crippen LogP contribution in [0.4, 0.5) is 4.79 Å². The average Bonchev–Trinajstić information content (AvgIpc) is 2.99. The predicted molar refractivity (Wildman–Crippen MR) is 113 cm³/mol. The van der Waals surface area contributed by atoms with Crippen LogP contribution in [-0.4, -0.2) is 56.9 Å². The molecule has 0 fully saturated rings. The number of carbonyl (C=O) groups excluding carboxylic acids is 2. The van der Waals surface area contributed by atoms with E-state index in [4.69, 9.17) is 4.74 Å². The summed E-state index contributed by atoms with van der Waals surface area (Å²) in [5.74, 6) is 0.724. The van der Waals surface area contributed by atoms with Crippen LogP contribution in [-0.2, 0) is 28.0 Å². The summed E-state index contributed by atoms with van der Waals surface area (Å²) in [7, 11) is 0. The van der Waals surface area contributed by atoms with Gasteiger partial charge in [-0.05, 0) is 60.0 Å². The van der Waals surface area contributed by atoms with Crippen molar-refractivity contribution >= 4 is 23.8 Å². The Balaban J connectivity index is 2.10. The van der Waals surface area contributed by atoms with E-state index in [1.54, 1.807) is 11.8 Å². The maximum absolute atomic E-state index is 13.1. The maximum Gasteiger partial charge on any atom is 0.408 e. The van der Waals surface area contributed by atoms with Gasteiger partial charge >= 0.3 is 6.09 Å². The first-order valence-electron chi connectivity index (χ1n) is 9.76. The van der Waals surface area contributed by atoms with Gasteiger partial charge in [-0.2, -0.15) is 16.9 Å². The molecule has 2 rings (SSSR count). The quantitative estimate of drug-likeness (QED) is 0.807. The van der Waals surface area contributed by atoms with Crippen molar-refractivity contribution in [1.29, 1.82) is 0 Å². The number of ether oxygens (including phenoxy) is 1. The molecular formula is C20H34N4O3S. The van der Waals surface area contributed by atoms with Gasteiger partial charge in [0.2, 0.25) is 5.91 Å². The van der Waals surface area contributed by atoms with Crippen molar-refractivity contribution in [2.75, 3.05) is 18.6 Å². The summed E-state index contributed by atoms with van der Waals surface area (Å²) < 4.78 is 7.39. The van der Waals surface area contributed by atoms with Crippen molar-refractivity contribution in [3.63, 3.8) is 0 Å². The fraction of sp³-hybridized carbons (Fsp3) is 0.750. The van der Waals surface area contributed by atoms with Crippen LogP contribution in [0.1, 0.15) is 59.2 Å². The van der Waals surface area contributed by atoms with E-state index < -0.39 is 17.7 Å². The van der Waals surface area contributed by atoms with Gasteiger partial charge < -0.3 is 15.0 Å². The molecule has 0 bridgehead atoms. The molecule has 1 aliphatic rings. The Labute approximate surface area is 172 Å². The molecule has 0 spiro atoms. The summed E-state index contributed by atoms with van der Waals surface area (Å²) in [5, 5.41) is 7.30. The number of amides is 2. The van der Waals surface area contributed by atoms with Crippen LogP contribution in [0.2, 0.25) is 0 Å². The number of carbonyl (C=O) groups is 2. The Bertz CT molecular complexity index is 703. The fourth-order valence-corrected chi connectivity index (χ4v) is 3.73. The summed E-state index contributed by atoms with van der Waals surface area (Å²) >= 11 is 1.65. The molecule has 0 saturated carbocycles. The molecule has 2 heterocycles. The van der Waals surface area contributed by atoms with Gasteiger partial charge in [0.15, 0.2) is 0 Å². The van der Waals surface area contributed by atoms with Gasteiger partial charge in [0.25, 0.3) is 0 Å². The van der Waals surface area contributed by atoms with Crippen LogP contribution in [0.15, 0.2) is 6.20 Å². The van der Waals surface area contributed by atoms with Crippen LogP contribution in [0.5, 0.6) is 0 Å². The lowest BCUT2D eigenvalue weighted by molar-refractivity contribution is -0.134. The third kappa shape index (κ3) is 5.90. The number of hydrogen-bond acceptors (Lipinski definition) is 5. The second kappa shape index (κ2) is 8.76. The second-order valence-electron chi connectivity index (χ2n) is 9.19. The molecule has 28 heavy (non-hydrogen) atoms. The van der Waals surface area contributed by atoms with Crippen molar-refractivity contribution in [3.8, 4) is 0 Å². The van der Waals surface area contributed by atoms with Gasteiger partial charge in [-0.25, -0.2) is 4.79 Å². The molecule has 2 amide bonds. The Morgan fingerprint density at radius 2 is 1.96 bits per heavy atom. The Morgan fingerprint density at radius 3 is 2.54 bits per heavy atom. The molecule has 1 aliphatic heterocycles. The van der Waals surface area contributed by atoms with Crippen LogP contribution in [0.25, 0.3) is 0 Å². The Kier molecular flexibility index (Phi) is 7.07. The molecule has 1 N–H and O–H groups in total. The zero-order valence-corrected chi connectivity index (χ0v) is 19.0.